The largest absolute Gasteiger partial charge is 0.448 e. The number of nitrogens with one attached hydrogen (secondary N) is 1. The Bertz CT molecular complexity index is 1220. The Hall–Kier alpha value is -3.11. The number of fused-ring (bicyclic) bond motifs is 1. The molecule has 1 aromatic carbocycles. The quantitative estimate of drug-likeness (QED) is 0.521. The predicted octanol–water partition coefficient (Wildman–Crippen LogP) is 1.94. The number of aliphatic hydroxyl groups is 2. The van der Waals surface area contributed by atoms with Gasteiger partial charge in [-0.3, -0.25) is 9.36 Å². The van der Waals surface area contributed by atoms with Crippen LogP contribution in [0.4, 0.5) is 14.7 Å². The molecule has 2 heterocycles. The number of aryl methyl sites for hydroxylation is 1. The molecule has 29 heavy (non-hydrogen) atoms. The molecular formula is C19H20F2N4O4. The summed E-state index contributed by atoms with van der Waals surface area (Å²) in [6.07, 6.45) is 0.128. The SMILES string of the molecule is [2H]C([2H])(O)CC(CC([2H])([2H])O)Nc1ncc2cc(Oc3ccc(F)cc3F)c(=O)n(C)c2n1. The van der Waals surface area contributed by atoms with Crippen molar-refractivity contribution in [3.05, 3.63) is 52.5 Å². The van der Waals surface area contributed by atoms with Crippen LogP contribution < -0.4 is 15.6 Å². The highest BCUT2D eigenvalue weighted by Gasteiger charge is 2.15. The average molecular weight is 410 g/mol. The van der Waals surface area contributed by atoms with Crippen LogP contribution in [0.2, 0.25) is 0 Å². The Morgan fingerprint density at radius 2 is 1.97 bits per heavy atom. The van der Waals surface area contributed by atoms with E-state index in [0.29, 0.717) is 11.5 Å². The molecule has 0 saturated carbocycles. The fourth-order valence-corrected chi connectivity index (χ4v) is 2.61. The Labute approximate surface area is 170 Å². The lowest BCUT2D eigenvalue weighted by Crippen LogP contribution is -2.24. The number of hydrogen-bond donors (Lipinski definition) is 3. The maximum Gasteiger partial charge on any atom is 0.294 e. The minimum atomic E-state index is -2.66. The molecule has 3 aromatic rings. The van der Waals surface area contributed by atoms with Gasteiger partial charge in [0.1, 0.15) is 11.5 Å². The number of rotatable bonds is 8. The molecule has 0 aliphatic rings. The highest BCUT2D eigenvalue weighted by molar-refractivity contribution is 5.76. The molecule has 8 nitrogen and oxygen atoms in total. The monoisotopic (exact) mass is 410 g/mol. The number of nitrogens with zero attached hydrogens (tertiary/aromatic N) is 3. The summed E-state index contributed by atoms with van der Waals surface area (Å²) in [5.41, 5.74) is -0.576. The Morgan fingerprint density at radius 1 is 1.24 bits per heavy atom. The molecule has 0 spiro atoms. The second-order valence-corrected chi connectivity index (χ2v) is 6.09. The molecule has 0 saturated heterocycles. The van der Waals surface area contributed by atoms with Gasteiger partial charge in [0.2, 0.25) is 5.95 Å². The molecule has 2 aromatic heterocycles. The van der Waals surface area contributed by atoms with Crippen molar-refractivity contribution < 1.29 is 29.2 Å². The number of hydrogen-bond acceptors (Lipinski definition) is 7. The van der Waals surface area contributed by atoms with Crippen LogP contribution in [0.25, 0.3) is 11.0 Å². The van der Waals surface area contributed by atoms with Crippen molar-refractivity contribution in [3.63, 3.8) is 0 Å². The molecule has 0 aliphatic carbocycles. The van der Waals surface area contributed by atoms with Gasteiger partial charge in [0.05, 0.1) is 5.48 Å². The van der Waals surface area contributed by atoms with Crippen LogP contribution in [0.3, 0.4) is 0 Å². The van der Waals surface area contributed by atoms with Crippen molar-refractivity contribution in [1.82, 2.24) is 14.5 Å². The van der Waals surface area contributed by atoms with Crippen LogP contribution in [-0.4, -0.2) is 43.9 Å². The van der Waals surface area contributed by atoms with Gasteiger partial charge in [0.15, 0.2) is 17.3 Å². The van der Waals surface area contributed by atoms with Crippen LogP contribution in [-0.2, 0) is 7.05 Å². The summed E-state index contributed by atoms with van der Waals surface area (Å²) in [7, 11) is 1.37. The fourth-order valence-electron chi connectivity index (χ4n) is 2.61. The van der Waals surface area contributed by atoms with Gasteiger partial charge in [-0.1, -0.05) is 0 Å². The van der Waals surface area contributed by atoms with E-state index >= 15 is 0 Å². The lowest BCUT2D eigenvalue weighted by atomic mass is 10.1. The van der Waals surface area contributed by atoms with E-state index in [-0.39, 0.29) is 23.1 Å². The summed E-state index contributed by atoms with van der Waals surface area (Å²) in [5.74, 6) is -2.53. The van der Waals surface area contributed by atoms with Gasteiger partial charge >= 0.3 is 0 Å². The second-order valence-electron chi connectivity index (χ2n) is 6.09. The third-order valence-electron chi connectivity index (χ3n) is 4.04. The van der Waals surface area contributed by atoms with Gasteiger partial charge in [-0.2, -0.15) is 4.98 Å². The normalized spacial score (nSPS) is 14.3. The molecule has 154 valence electrons. The number of aromatic nitrogens is 3. The van der Waals surface area contributed by atoms with Crippen molar-refractivity contribution in [2.45, 2.75) is 18.9 Å². The third-order valence-corrected chi connectivity index (χ3v) is 4.04. The van der Waals surface area contributed by atoms with Crippen molar-refractivity contribution >= 4 is 17.0 Å². The first-order chi connectivity index (χ1) is 15.2. The predicted molar refractivity (Wildman–Crippen MR) is 102 cm³/mol. The van der Waals surface area contributed by atoms with Crippen molar-refractivity contribution in [3.8, 4) is 11.5 Å². The minimum absolute atomic E-state index is 0.113. The molecule has 3 rings (SSSR count). The molecular weight excluding hydrogens is 386 g/mol. The Morgan fingerprint density at radius 3 is 2.62 bits per heavy atom. The fraction of sp³-hybridized carbons (Fsp3) is 0.316. The van der Waals surface area contributed by atoms with Gasteiger partial charge in [-0.25, -0.2) is 13.8 Å². The summed E-state index contributed by atoms with van der Waals surface area (Å²) in [5, 5.41) is 21.8. The topological polar surface area (TPSA) is 110 Å². The molecule has 0 bridgehead atoms. The number of anilines is 1. The van der Waals surface area contributed by atoms with E-state index in [1.54, 1.807) is 0 Å². The van der Waals surface area contributed by atoms with E-state index in [9.17, 15) is 23.8 Å². The average Bonchev–Trinajstić information content (AvgIpc) is 2.65. The van der Waals surface area contributed by atoms with Gasteiger partial charge in [0.25, 0.3) is 5.56 Å². The Kier molecular flexibility index (Phi) is 4.86. The second kappa shape index (κ2) is 8.93. The number of pyridine rings is 1. The third kappa shape index (κ3) is 4.66. The lowest BCUT2D eigenvalue weighted by molar-refractivity contribution is 0.247. The number of halogens is 2. The summed E-state index contributed by atoms with van der Waals surface area (Å²) in [4.78, 5) is 20.9. The first-order valence-corrected chi connectivity index (χ1v) is 8.43. The molecule has 0 atom stereocenters. The van der Waals surface area contributed by atoms with Crippen molar-refractivity contribution in [2.75, 3.05) is 18.4 Å². The van der Waals surface area contributed by atoms with Crippen LogP contribution in [0.1, 0.15) is 18.3 Å². The van der Waals surface area contributed by atoms with Crippen LogP contribution in [0, 0.1) is 11.6 Å². The molecule has 0 fully saturated rings. The summed E-state index contributed by atoms with van der Waals surface area (Å²) < 4.78 is 62.6. The Balaban J connectivity index is 1.93. The standard InChI is InChI=1S/C19H20F2N4O4/c1-25-17-11(10-22-19(24-17)23-13(4-6-26)5-7-27)8-16(18(25)28)29-15-3-2-12(20)9-14(15)21/h2-3,8-10,13,26-27H,4-7H2,1H3,(H,22,23,24)/i6D2,7D2. The number of benzene rings is 1. The van der Waals surface area contributed by atoms with Gasteiger partial charge in [-0.05, 0) is 31.0 Å². The molecule has 0 unspecified atom stereocenters. The van der Waals surface area contributed by atoms with Crippen LogP contribution in [0.15, 0.2) is 35.3 Å². The van der Waals surface area contributed by atoms with E-state index in [1.165, 1.54) is 19.3 Å². The zero-order valence-corrected chi connectivity index (χ0v) is 15.2. The summed E-state index contributed by atoms with van der Waals surface area (Å²) >= 11 is 0. The minimum Gasteiger partial charge on any atom is -0.448 e. The number of ether oxygens (including phenoxy) is 1. The van der Waals surface area contributed by atoms with Gasteiger partial charge < -0.3 is 20.3 Å². The van der Waals surface area contributed by atoms with E-state index in [4.69, 9.17) is 10.2 Å². The lowest BCUT2D eigenvalue weighted by Gasteiger charge is -2.17. The van der Waals surface area contributed by atoms with Crippen LogP contribution >= 0.6 is 0 Å². The van der Waals surface area contributed by atoms with Crippen LogP contribution in [0.5, 0.6) is 11.5 Å². The van der Waals surface area contributed by atoms with E-state index in [1.807, 2.05) is 0 Å². The summed E-state index contributed by atoms with van der Waals surface area (Å²) in [6, 6.07) is 2.80. The van der Waals surface area contributed by atoms with Crippen molar-refractivity contribution in [2.24, 2.45) is 7.05 Å². The zero-order chi connectivity index (χ0) is 24.6. The van der Waals surface area contributed by atoms with E-state index in [0.717, 1.165) is 16.7 Å². The molecule has 0 radical (unpaired) electrons. The van der Waals surface area contributed by atoms with Crippen molar-refractivity contribution in [1.29, 1.82) is 0 Å². The summed E-state index contributed by atoms with van der Waals surface area (Å²) in [6.45, 7) is -5.32. The van der Waals surface area contributed by atoms with E-state index < -0.39 is 49.2 Å². The maximum absolute atomic E-state index is 13.9. The first kappa shape index (κ1) is 15.8. The zero-order valence-electron chi connectivity index (χ0n) is 19.2. The first-order valence-electron chi connectivity index (χ1n) is 10.4. The molecule has 0 aliphatic heterocycles. The maximum atomic E-state index is 13.9. The van der Waals surface area contributed by atoms with E-state index in [2.05, 4.69) is 15.3 Å². The highest BCUT2D eigenvalue weighted by Crippen LogP contribution is 2.25. The highest BCUT2D eigenvalue weighted by atomic mass is 19.1. The van der Waals surface area contributed by atoms with Gasteiger partial charge in [-0.15, -0.1) is 0 Å². The molecule has 3 N–H and O–H groups in total. The van der Waals surface area contributed by atoms with Gasteiger partial charge in [0, 0.05) is 43.9 Å². The molecule has 0 amide bonds. The smallest absolute Gasteiger partial charge is 0.294 e. The molecule has 10 heteroatoms.